The van der Waals surface area contributed by atoms with Crippen LogP contribution in [0, 0.1) is 5.92 Å². The lowest BCUT2D eigenvalue weighted by Gasteiger charge is -2.30. The number of rotatable bonds is 5. The van der Waals surface area contributed by atoms with E-state index in [1.165, 1.54) is 13.4 Å². The predicted octanol–water partition coefficient (Wildman–Crippen LogP) is 1.84. The van der Waals surface area contributed by atoms with E-state index in [1.807, 2.05) is 6.92 Å². The molecule has 1 aliphatic rings. The van der Waals surface area contributed by atoms with Gasteiger partial charge < -0.3 is 13.9 Å². The quantitative estimate of drug-likeness (QED) is 0.772. The van der Waals surface area contributed by atoms with Crippen molar-refractivity contribution in [3.05, 3.63) is 23.7 Å². The van der Waals surface area contributed by atoms with Crippen LogP contribution in [0.2, 0.25) is 0 Å². The van der Waals surface area contributed by atoms with Gasteiger partial charge in [0.05, 0.1) is 25.9 Å². The minimum Gasteiger partial charge on any atom is -0.466 e. The maximum atomic E-state index is 11.7. The highest BCUT2D eigenvalue weighted by atomic mass is 16.5. The average Bonchev–Trinajstić information content (AvgIpc) is 2.95. The smallest absolute Gasteiger partial charge is 0.374 e. The second-order valence-electron chi connectivity index (χ2n) is 5.07. The number of furan rings is 1. The highest BCUT2D eigenvalue weighted by molar-refractivity contribution is 5.87. The number of carbonyl (C=O) groups excluding carboxylic acids is 2. The minimum absolute atomic E-state index is 0.00868. The third kappa shape index (κ3) is 3.85. The van der Waals surface area contributed by atoms with Crippen LogP contribution in [0.15, 0.2) is 16.7 Å². The van der Waals surface area contributed by atoms with Crippen LogP contribution in [0.4, 0.5) is 0 Å². The van der Waals surface area contributed by atoms with Crippen LogP contribution >= 0.6 is 0 Å². The van der Waals surface area contributed by atoms with Crippen molar-refractivity contribution in [3.63, 3.8) is 0 Å². The molecule has 2 heterocycles. The molecule has 0 atom stereocenters. The number of carbonyl (C=O) groups is 2. The van der Waals surface area contributed by atoms with Crippen molar-refractivity contribution >= 4 is 11.9 Å². The molecule has 0 bridgehead atoms. The van der Waals surface area contributed by atoms with E-state index in [-0.39, 0.29) is 17.6 Å². The standard InChI is InChI=1S/C15H21NO5/c1-3-20-14(17)11-4-7-16(8-5-11)10-12-6-9-21-13(12)15(18)19-2/h6,9,11H,3-5,7-8,10H2,1-2H3. The van der Waals surface area contributed by atoms with Crippen molar-refractivity contribution in [3.8, 4) is 0 Å². The third-order valence-electron chi connectivity index (χ3n) is 3.72. The summed E-state index contributed by atoms with van der Waals surface area (Å²) in [5.41, 5.74) is 0.816. The van der Waals surface area contributed by atoms with Gasteiger partial charge in [-0.05, 0) is 38.9 Å². The summed E-state index contributed by atoms with van der Waals surface area (Å²) in [7, 11) is 1.33. The van der Waals surface area contributed by atoms with E-state index in [4.69, 9.17) is 9.15 Å². The molecule has 0 unspecified atom stereocenters. The fraction of sp³-hybridized carbons (Fsp3) is 0.600. The number of hydrogen-bond donors (Lipinski definition) is 0. The Bertz CT molecular complexity index is 488. The van der Waals surface area contributed by atoms with Gasteiger partial charge in [-0.25, -0.2) is 4.79 Å². The number of likely N-dealkylation sites (tertiary alicyclic amines) is 1. The van der Waals surface area contributed by atoms with Gasteiger partial charge in [0.1, 0.15) is 0 Å². The molecule has 0 radical (unpaired) electrons. The number of methoxy groups -OCH3 is 1. The van der Waals surface area contributed by atoms with Gasteiger partial charge in [-0.3, -0.25) is 9.69 Å². The summed E-state index contributed by atoms with van der Waals surface area (Å²) in [5, 5.41) is 0. The fourth-order valence-electron chi connectivity index (χ4n) is 2.56. The zero-order valence-corrected chi connectivity index (χ0v) is 12.5. The summed E-state index contributed by atoms with van der Waals surface area (Å²) < 4.78 is 14.9. The second-order valence-corrected chi connectivity index (χ2v) is 5.07. The molecule has 21 heavy (non-hydrogen) atoms. The predicted molar refractivity (Wildman–Crippen MR) is 74.7 cm³/mol. The molecule has 116 valence electrons. The van der Waals surface area contributed by atoms with Crippen molar-refractivity contribution in [1.29, 1.82) is 0 Å². The monoisotopic (exact) mass is 295 g/mol. The number of nitrogens with zero attached hydrogens (tertiary/aromatic N) is 1. The molecular formula is C15H21NO5. The molecule has 0 aliphatic carbocycles. The normalized spacial score (nSPS) is 16.7. The van der Waals surface area contributed by atoms with Gasteiger partial charge in [-0.2, -0.15) is 0 Å². The molecule has 1 saturated heterocycles. The van der Waals surface area contributed by atoms with Crippen molar-refractivity contribution in [2.75, 3.05) is 26.8 Å². The molecule has 1 aromatic rings. The molecule has 0 amide bonds. The summed E-state index contributed by atoms with van der Waals surface area (Å²) in [6, 6.07) is 1.78. The largest absolute Gasteiger partial charge is 0.466 e. The lowest BCUT2D eigenvalue weighted by Crippen LogP contribution is -2.36. The lowest BCUT2D eigenvalue weighted by atomic mass is 9.96. The number of piperidine rings is 1. The van der Waals surface area contributed by atoms with E-state index in [0.717, 1.165) is 31.5 Å². The fourth-order valence-corrected chi connectivity index (χ4v) is 2.56. The zero-order chi connectivity index (χ0) is 15.2. The van der Waals surface area contributed by atoms with Crippen molar-refractivity contribution in [2.24, 2.45) is 5.92 Å². The van der Waals surface area contributed by atoms with E-state index in [1.54, 1.807) is 6.07 Å². The van der Waals surface area contributed by atoms with Crippen LogP contribution in [0.1, 0.15) is 35.9 Å². The van der Waals surface area contributed by atoms with Gasteiger partial charge in [-0.15, -0.1) is 0 Å². The van der Waals surface area contributed by atoms with E-state index in [2.05, 4.69) is 9.64 Å². The number of esters is 2. The van der Waals surface area contributed by atoms with Crippen molar-refractivity contribution < 1.29 is 23.5 Å². The molecular weight excluding hydrogens is 274 g/mol. The number of hydrogen-bond acceptors (Lipinski definition) is 6. The summed E-state index contributed by atoms with van der Waals surface area (Å²) in [4.78, 5) is 25.4. The van der Waals surface area contributed by atoms with Crippen LogP contribution in [0.3, 0.4) is 0 Å². The maximum absolute atomic E-state index is 11.7. The summed E-state index contributed by atoms with van der Waals surface area (Å²) in [6.07, 6.45) is 3.06. The Morgan fingerprint density at radius 3 is 2.71 bits per heavy atom. The Morgan fingerprint density at radius 1 is 1.38 bits per heavy atom. The first-order chi connectivity index (χ1) is 10.2. The molecule has 0 aromatic carbocycles. The lowest BCUT2D eigenvalue weighted by molar-refractivity contribution is -0.149. The Kier molecular flexibility index (Phi) is 5.38. The van der Waals surface area contributed by atoms with Gasteiger partial charge in [-0.1, -0.05) is 0 Å². The number of ether oxygens (including phenoxy) is 2. The topological polar surface area (TPSA) is 69.0 Å². The summed E-state index contributed by atoms with van der Waals surface area (Å²) in [5.74, 6) is -0.317. The van der Waals surface area contributed by atoms with Crippen molar-refractivity contribution in [1.82, 2.24) is 4.90 Å². The Labute approximate surface area is 124 Å². The van der Waals surface area contributed by atoms with Crippen LogP contribution in [-0.2, 0) is 20.8 Å². The molecule has 2 rings (SSSR count). The first-order valence-electron chi connectivity index (χ1n) is 7.19. The molecule has 1 fully saturated rings. The molecule has 6 heteroatoms. The first kappa shape index (κ1) is 15.6. The highest BCUT2D eigenvalue weighted by Crippen LogP contribution is 2.22. The second kappa shape index (κ2) is 7.26. The minimum atomic E-state index is -0.462. The maximum Gasteiger partial charge on any atom is 0.374 e. The van der Waals surface area contributed by atoms with Gasteiger partial charge in [0.2, 0.25) is 5.76 Å². The summed E-state index contributed by atoms with van der Waals surface area (Å²) in [6.45, 7) is 4.47. The summed E-state index contributed by atoms with van der Waals surface area (Å²) >= 11 is 0. The molecule has 0 saturated carbocycles. The van der Waals surface area contributed by atoms with Crippen molar-refractivity contribution in [2.45, 2.75) is 26.3 Å². The highest BCUT2D eigenvalue weighted by Gasteiger charge is 2.27. The van der Waals surface area contributed by atoms with Gasteiger partial charge in [0.25, 0.3) is 0 Å². The first-order valence-corrected chi connectivity index (χ1v) is 7.19. The zero-order valence-electron chi connectivity index (χ0n) is 12.5. The van der Waals surface area contributed by atoms with Crippen LogP contribution < -0.4 is 0 Å². The molecule has 1 aromatic heterocycles. The van der Waals surface area contributed by atoms with Crippen LogP contribution in [0.5, 0.6) is 0 Å². The van der Waals surface area contributed by atoms with Crippen LogP contribution in [-0.4, -0.2) is 43.6 Å². The van der Waals surface area contributed by atoms with Gasteiger partial charge in [0.15, 0.2) is 0 Å². The molecule has 0 spiro atoms. The Morgan fingerprint density at radius 2 is 2.10 bits per heavy atom. The SMILES string of the molecule is CCOC(=O)C1CCN(Cc2ccoc2C(=O)OC)CC1. The van der Waals surface area contributed by atoms with Gasteiger partial charge >= 0.3 is 11.9 Å². The Balaban J connectivity index is 1.88. The van der Waals surface area contributed by atoms with Crippen LogP contribution in [0.25, 0.3) is 0 Å². The molecule has 0 N–H and O–H groups in total. The Hall–Kier alpha value is -1.82. The van der Waals surface area contributed by atoms with E-state index < -0.39 is 5.97 Å². The van der Waals surface area contributed by atoms with E-state index in [0.29, 0.717) is 13.2 Å². The average molecular weight is 295 g/mol. The molecule has 1 aliphatic heterocycles. The van der Waals surface area contributed by atoms with Gasteiger partial charge in [0, 0.05) is 12.1 Å². The van der Waals surface area contributed by atoms with E-state index >= 15 is 0 Å². The third-order valence-corrected chi connectivity index (χ3v) is 3.72. The van der Waals surface area contributed by atoms with E-state index in [9.17, 15) is 9.59 Å². The molecule has 6 nitrogen and oxygen atoms in total.